The molecule has 0 aliphatic carbocycles. The van der Waals surface area contributed by atoms with Crippen molar-refractivity contribution in [2.24, 2.45) is 5.41 Å². The summed E-state index contributed by atoms with van der Waals surface area (Å²) < 4.78 is 8.79. The number of fused-ring (bicyclic) bond motifs is 1. The molecule has 0 spiro atoms. The lowest BCUT2D eigenvalue weighted by molar-refractivity contribution is 0.303. The van der Waals surface area contributed by atoms with Crippen molar-refractivity contribution in [3.63, 3.8) is 0 Å². The van der Waals surface area contributed by atoms with Crippen LogP contribution in [-0.2, 0) is 19.6 Å². The van der Waals surface area contributed by atoms with Crippen LogP contribution < -0.4 is 4.74 Å². The molecular formula is C30H34N6O. The van der Waals surface area contributed by atoms with Gasteiger partial charge in [-0.3, -0.25) is 4.98 Å². The molecule has 0 aliphatic rings. The monoisotopic (exact) mass is 494 g/mol. The molecule has 0 unspecified atom stereocenters. The predicted molar refractivity (Wildman–Crippen MR) is 147 cm³/mol. The van der Waals surface area contributed by atoms with Crippen molar-refractivity contribution in [2.75, 3.05) is 0 Å². The maximum absolute atomic E-state index is 6.41. The number of pyridine rings is 1. The number of aromatic amines is 1. The third-order valence-electron chi connectivity index (χ3n) is 6.62. The van der Waals surface area contributed by atoms with E-state index in [-0.39, 0.29) is 0 Å². The summed E-state index contributed by atoms with van der Waals surface area (Å²) in [5.74, 6) is 1.46. The molecule has 7 heteroatoms. The zero-order chi connectivity index (χ0) is 25.8. The Kier molecular flexibility index (Phi) is 7.04. The van der Waals surface area contributed by atoms with Crippen LogP contribution >= 0.6 is 0 Å². The molecule has 0 atom stereocenters. The van der Waals surface area contributed by atoms with E-state index in [0.717, 1.165) is 48.2 Å². The van der Waals surface area contributed by atoms with Crippen LogP contribution in [-0.4, -0.2) is 30.2 Å². The number of tetrazole rings is 1. The van der Waals surface area contributed by atoms with Gasteiger partial charge in [0.25, 0.3) is 0 Å². The highest BCUT2D eigenvalue weighted by molar-refractivity contribution is 5.86. The maximum atomic E-state index is 6.41. The number of aryl methyl sites for hydroxylation is 2. The minimum atomic E-state index is 0.312. The quantitative estimate of drug-likeness (QED) is 0.242. The highest BCUT2D eigenvalue weighted by atomic mass is 16.5. The van der Waals surface area contributed by atoms with Crippen molar-refractivity contribution in [3.05, 3.63) is 78.1 Å². The number of H-pyrrole nitrogens is 1. The molecule has 0 radical (unpaired) electrons. The Bertz CT molecular complexity index is 1460. The molecule has 0 fully saturated rings. The number of aromatic nitrogens is 6. The molecule has 0 saturated carbocycles. The second-order valence-electron chi connectivity index (χ2n) is 10.7. The SMILES string of the molecule is CCCc1c(OCc2cccc(-c3ccc(-c4nn[nH]n4)nc3)c2)ccc2c1ccn2CCC(C)(C)C. The summed E-state index contributed by atoms with van der Waals surface area (Å²) in [6.07, 6.45) is 7.27. The standard InChI is InChI=1S/C30H34N6O/c1-5-7-25-24-14-16-36(17-15-30(2,3)4)27(24)12-13-28(25)37-20-21-8-6-9-22(18-21)23-10-11-26(31-19-23)29-32-34-35-33-29/h6,8-14,16,18-19H,5,7,15,17,20H2,1-4H3,(H,32,33,34,35). The van der Waals surface area contributed by atoms with E-state index in [2.05, 4.69) is 107 Å². The summed E-state index contributed by atoms with van der Waals surface area (Å²) in [5.41, 5.74) is 6.82. The Hall–Kier alpha value is -4.00. The van der Waals surface area contributed by atoms with Gasteiger partial charge in [-0.25, -0.2) is 0 Å². The summed E-state index contributed by atoms with van der Waals surface area (Å²) in [5, 5.41) is 15.3. The first-order valence-corrected chi connectivity index (χ1v) is 12.9. The van der Waals surface area contributed by atoms with E-state index in [4.69, 9.17) is 4.74 Å². The Morgan fingerprint density at radius 3 is 2.62 bits per heavy atom. The Morgan fingerprint density at radius 1 is 1.00 bits per heavy atom. The first kappa shape index (κ1) is 24.7. The van der Waals surface area contributed by atoms with Crippen LogP contribution in [0.3, 0.4) is 0 Å². The molecule has 5 rings (SSSR count). The molecule has 190 valence electrons. The van der Waals surface area contributed by atoms with Gasteiger partial charge in [0.05, 0.1) is 0 Å². The van der Waals surface area contributed by atoms with Crippen LogP contribution in [0.1, 0.15) is 51.7 Å². The molecule has 0 saturated heterocycles. The van der Waals surface area contributed by atoms with Gasteiger partial charge in [-0.2, -0.15) is 5.21 Å². The van der Waals surface area contributed by atoms with Crippen LogP contribution in [0, 0.1) is 5.41 Å². The fraction of sp³-hybridized carbons (Fsp3) is 0.333. The second kappa shape index (κ2) is 10.5. The zero-order valence-corrected chi connectivity index (χ0v) is 22.0. The summed E-state index contributed by atoms with van der Waals surface area (Å²) in [6, 6.07) is 18.9. The topological polar surface area (TPSA) is 81.5 Å². The maximum Gasteiger partial charge on any atom is 0.222 e. The van der Waals surface area contributed by atoms with Gasteiger partial charge in [0.15, 0.2) is 0 Å². The first-order chi connectivity index (χ1) is 17.9. The summed E-state index contributed by atoms with van der Waals surface area (Å²) in [7, 11) is 0. The smallest absolute Gasteiger partial charge is 0.222 e. The number of ether oxygens (including phenoxy) is 1. The van der Waals surface area contributed by atoms with E-state index >= 15 is 0 Å². The summed E-state index contributed by atoms with van der Waals surface area (Å²) >= 11 is 0. The highest BCUT2D eigenvalue weighted by Crippen LogP contribution is 2.32. The molecule has 1 N–H and O–H groups in total. The average Bonchev–Trinajstić information content (AvgIpc) is 3.58. The van der Waals surface area contributed by atoms with Gasteiger partial charge in [0.1, 0.15) is 18.1 Å². The number of hydrogen-bond acceptors (Lipinski definition) is 5. The number of nitrogens with zero attached hydrogens (tertiary/aromatic N) is 5. The van der Waals surface area contributed by atoms with E-state index in [0.29, 0.717) is 23.5 Å². The average molecular weight is 495 g/mol. The van der Waals surface area contributed by atoms with Gasteiger partial charge >= 0.3 is 0 Å². The molecule has 3 heterocycles. The van der Waals surface area contributed by atoms with E-state index in [1.165, 1.54) is 16.5 Å². The largest absolute Gasteiger partial charge is 0.489 e. The number of rotatable bonds is 9. The number of benzene rings is 2. The van der Waals surface area contributed by atoms with Crippen molar-refractivity contribution in [1.29, 1.82) is 0 Å². The lowest BCUT2D eigenvalue weighted by atomic mass is 9.92. The molecule has 7 nitrogen and oxygen atoms in total. The van der Waals surface area contributed by atoms with Crippen LogP contribution in [0.2, 0.25) is 0 Å². The van der Waals surface area contributed by atoms with Crippen molar-refractivity contribution in [1.82, 2.24) is 30.2 Å². The van der Waals surface area contributed by atoms with Crippen LogP contribution in [0.5, 0.6) is 5.75 Å². The van der Waals surface area contributed by atoms with Gasteiger partial charge in [-0.15, -0.1) is 10.2 Å². The molecule has 0 aliphatic heterocycles. The molecule has 0 bridgehead atoms. The third kappa shape index (κ3) is 5.71. The van der Waals surface area contributed by atoms with Gasteiger partial charge in [0.2, 0.25) is 5.82 Å². The van der Waals surface area contributed by atoms with Gasteiger partial charge in [-0.1, -0.05) is 58.4 Å². The molecular weight excluding hydrogens is 460 g/mol. The van der Waals surface area contributed by atoms with Gasteiger partial charge < -0.3 is 9.30 Å². The predicted octanol–water partition coefficient (Wildman–Crippen LogP) is 6.85. The van der Waals surface area contributed by atoms with Gasteiger partial charge in [-0.05, 0) is 64.9 Å². The van der Waals surface area contributed by atoms with Gasteiger partial charge in [0, 0.05) is 41.0 Å². The van der Waals surface area contributed by atoms with Crippen LogP contribution in [0.25, 0.3) is 33.5 Å². The minimum Gasteiger partial charge on any atom is -0.489 e. The normalized spacial score (nSPS) is 11.8. The zero-order valence-electron chi connectivity index (χ0n) is 22.0. The fourth-order valence-electron chi connectivity index (χ4n) is 4.58. The molecule has 3 aromatic heterocycles. The van der Waals surface area contributed by atoms with Crippen molar-refractivity contribution >= 4 is 10.9 Å². The lowest BCUT2D eigenvalue weighted by Crippen LogP contribution is -2.09. The summed E-state index contributed by atoms with van der Waals surface area (Å²) in [6.45, 7) is 10.6. The van der Waals surface area contributed by atoms with E-state index in [1.54, 1.807) is 0 Å². The molecule has 5 aromatic rings. The summed E-state index contributed by atoms with van der Waals surface area (Å²) in [4.78, 5) is 4.49. The van der Waals surface area contributed by atoms with E-state index in [1.807, 2.05) is 18.3 Å². The minimum absolute atomic E-state index is 0.312. The molecule has 37 heavy (non-hydrogen) atoms. The van der Waals surface area contributed by atoms with E-state index in [9.17, 15) is 0 Å². The van der Waals surface area contributed by atoms with Crippen molar-refractivity contribution in [3.8, 4) is 28.4 Å². The Labute approximate surface area is 217 Å². The lowest BCUT2D eigenvalue weighted by Gasteiger charge is -2.19. The number of nitrogens with one attached hydrogen (secondary N) is 1. The number of hydrogen-bond donors (Lipinski definition) is 1. The Morgan fingerprint density at radius 2 is 1.89 bits per heavy atom. The van der Waals surface area contributed by atoms with Crippen molar-refractivity contribution < 1.29 is 4.74 Å². The third-order valence-corrected chi connectivity index (χ3v) is 6.62. The van der Waals surface area contributed by atoms with E-state index < -0.39 is 0 Å². The molecule has 2 aromatic carbocycles. The van der Waals surface area contributed by atoms with Crippen LogP contribution in [0.4, 0.5) is 0 Å². The van der Waals surface area contributed by atoms with Crippen molar-refractivity contribution in [2.45, 2.75) is 60.1 Å². The molecule has 0 amide bonds. The second-order valence-corrected chi connectivity index (χ2v) is 10.7. The first-order valence-electron chi connectivity index (χ1n) is 12.9. The Balaban J connectivity index is 1.33. The fourth-order valence-corrected chi connectivity index (χ4v) is 4.58. The van der Waals surface area contributed by atoms with Crippen LogP contribution in [0.15, 0.2) is 67.0 Å². The highest BCUT2D eigenvalue weighted by Gasteiger charge is 2.15.